The highest BCUT2D eigenvalue weighted by molar-refractivity contribution is 6.13. The molecule has 1 N–H and O–H groups in total. The van der Waals surface area contributed by atoms with E-state index in [1.165, 1.54) is 27.2 Å². The predicted molar refractivity (Wildman–Crippen MR) is 215 cm³/mol. The minimum absolute atomic E-state index is 0.261. The molecule has 0 saturated heterocycles. The number of nitrogens with one attached hydrogen (secondary N) is 1. The second-order valence-corrected chi connectivity index (χ2v) is 13.1. The average Bonchev–Trinajstić information content (AvgIpc) is 3.78. The molecule has 5 heteroatoms. The zero-order chi connectivity index (χ0) is 34.4. The molecule has 3 heterocycles. The Labute approximate surface area is 301 Å². The molecule has 7 aromatic carbocycles. The van der Waals surface area contributed by atoms with E-state index in [0.29, 0.717) is 5.84 Å². The van der Waals surface area contributed by atoms with Crippen LogP contribution in [-0.2, 0) is 0 Å². The van der Waals surface area contributed by atoms with Crippen LogP contribution in [0.2, 0.25) is 0 Å². The summed E-state index contributed by atoms with van der Waals surface area (Å²) in [7, 11) is 0. The number of aromatic nitrogens is 2. The molecule has 0 spiro atoms. The van der Waals surface area contributed by atoms with Crippen LogP contribution in [0.1, 0.15) is 22.9 Å². The van der Waals surface area contributed by atoms with Gasteiger partial charge in [-0.15, -0.1) is 0 Å². The molecular weight excluding hydrogens is 635 g/mol. The lowest BCUT2D eigenvalue weighted by Crippen LogP contribution is -2.33. The summed E-state index contributed by atoms with van der Waals surface area (Å²) < 4.78 is 4.71. The Hall–Kier alpha value is -6.98. The molecule has 0 aliphatic carbocycles. The molecule has 2 aromatic heterocycles. The van der Waals surface area contributed by atoms with Gasteiger partial charge in [0.25, 0.3) is 0 Å². The van der Waals surface area contributed by atoms with Crippen LogP contribution in [0, 0.1) is 0 Å². The van der Waals surface area contributed by atoms with E-state index >= 15 is 0 Å². The van der Waals surface area contributed by atoms with Crippen molar-refractivity contribution in [1.29, 1.82) is 0 Å². The van der Waals surface area contributed by atoms with Gasteiger partial charge in [-0.3, -0.25) is 0 Å². The summed E-state index contributed by atoms with van der Waals surface area (Å²) >= 11 is 0. The number of para-hydroxylation sites is 3. The summed E-state index contributed by atoms with van der Waals surface area (Å²) in [6.07, 6.45) is -0.261. The fraction of sp³-hybridized carbons (Fsp3) is 0.0213. The minimum Gasteiger partial charge on any atom is -0.344 e. The van der Waals surface area contributed by atoms with Gasteiger partial charge in [0.1, 0.15) is 12.0 Å². The summed E-state index contributed by atoms with van der Waals surface area (Å²) in [5, 5.41) is 7.27. The molecule has 0 saturated carbocycles. The van der Waals surface area contributed by atoms with Crippen molar-refractivity contribution in [3.05, 3.63) is 205 Å². The molecule has 1 atom stereocenters. The molecule has 1 aliphatic rings. The summed E-state index contributed by atoms with van der Waals surface area (Å²) in [4.78, 5) is 10.2. The lowest BCUT2D eigenvalue weighted by Gasteiger charge is -2.24. The van der Waals surface area contributed by atoms with Gasteiger partial charge in [-0.1, -0.05) is 140 Å². The second kappa shape index (κ2) is 12.4. The van der Waals surface area contributed by atoms with Crippen LogP contribution < -0.4 is 5.32 Å². The normalized spacial score (nSPS) is 14.3. The number of rotatable bonds is 6. The maximum atomic E-state index is 5.15. The SMILES string of the molecule is c1ccc(C2=NC(c3cccc(-n4c(-c5ccc(-n6c7ccccc7c7ccccc76)cc5)cc5ccccc54)c3)=NC(c3ccccc3)N2)cc1. The Morgan fingerprint density at radius 3 is 1.79 bits per heavy atom. The third-order valence-electron chi connectivity index (χ3n) is 9.98. The average molecular weight is 668 g/mol. The topological polar surface area (TPSA) is 46.6 Å². The van der Waals surface area contributed by atoms with Gasteiger partial charge >= 0.3 is 0 Å². The van der Waals surface area contributed by atoms with Crippen LogP contribution >= 0.6 is 0 Å². The van der Waals surface area contributed by atoms with E-state index in [2.05, 4.69) is 178 Å². The van der Waals surface area contributed by atoms with Gasteiger partial charge in [-0.2, -0.15) is 0 Å². The summed E-state index contributed by atoms with van der Waals surface area (Å²) in [5.41, 5.74) is 11.1. The van der Waals surface area contributed by atoms with Gasteiger partial charge < -0.3 is 14.5 Å². The van der Waals surface area contributed by atoms with Crippen LogP contribution in [0.5, 0.6) is 0 Å². The third-order valence-corrected chi connectivity index (χ3v) is 9.98. The highest BCUT2D eigenvalue weighted by Gasteiger charge is 2.22. The second-order valence-electron chi connectivity index (χ2n) is 13.1. The standard InChI is InChI=1S/C47H33N5/c1-3-14-33(15-4-1)45-48-46(34-16-5-2-6-17-34)50-47(49-45)36-19-13-20-38(30-36)52-41-23-10-7-18-35(41)31-44(52)32-26-28-37(29-27-32)51-42-24-11-8-21-39(42)40-22-9-12-25-43(40)51/h1-31,45H,(H,48,49,50). The Bertz CT molecular complexity index is 2750. The molecule has 1 aliphatic heterocycles. The van der Waals surface area contributed by atoms with E-state index in [9.17, 15) is 0 Å². The van der Waals surface area contributed by atoms with E-state index < -0.39 is 0 Å². The fourth-order valence-electron chi connectivity index (χ4n) is 7.54. The van der Waals surface area contributed by atoms with Crippen molar-refractivity contribution < 1.29 is 0 Å². The number of aliphatic imine (C=N–C) groups is 2. The molecule has 10 rings (SSSR count). The molecule has 1 unspecified atom stereocenters. The third kappa shape index (κ3) is 5.10. The number of fused-ring (bicyclic) bond motifs is 4. The van der Waals surface area contributed by atoms with E-state index in [1.807, 2.05) is 24.3 Å². The van der Waals surface area contributed by atoms with E-state index in [4.69, 9.17) is 9.98 Å². The maximum Gasteiger partial charge on any atom is 0.159 e. The van der Waals surface area contributed by atoms with E-state index in [0.717, 1.165) is 50.7 Å². The van der Waals surface area contributed by atoms with Gasteiger partial charge in [0.2, 0.25) is 0 Å². The number of nitrogens with zero attached hydrogens (tertiary/aromatic N) is 4. The Morgan fingerprint density at radius 2 is 1.06 bits per heavy atom. The van der Waals surface area contributed by atoms with Crippen molar-refractivity contribution >= 4 is 44.4 Å². The molecule has 0 bridgehead atoms. The number of hydrogen-bond acceptors (Lipinski definition) is 3. The number of amidine groups is 2. The molecular formula is C47H33N5. The largest absolute Gasteiger partial charge is 0.344 e. The highest BCUT2D eigenvalue weighted by atomic mass is 15.2. The van der Waals surface area contributed by atoms with Crippen molar-refractivity contribution in [2.75, 3.05) is 0 Å². The van der Waals surface area contributed by atoms with Crippen LogP contribution in [0.15, 0.2) is 198 Å². The summed E-state index contributed by atoms with van der Waals surface area (Å²) in [6.45, 7) is 0. The summed E-state index contributed by atoms with van der Waals surface area (Å²) in [6, 6.07) is 66.3. The van der Waals surface area contributed by atoms with Crippen molar-refractivity contribution in [2.45, 2.75) is 6.17 Å². The van der Waals surface area contributed by atoms with Gasteiger partial charge in [-0.05, 0) is 59.7 Å². The molecule has 0 fully saturated rings. The van der Waals surface area contributed by atoms with E-state index in [1.54, 1.807) is 0 Å². The zero-order valence-corrected chi connectivity index (χ0v) is 28.3. The predicted octanol–water partition coefficient (Wildman–Crippen LogP) is 10.9. The maximum absolute atomic E-state index is 5.15. The molecule has 52 heavy (non-hydrogen) atoms. The van der Waals surface area contributed by atoms with Crippen LogP contribution in [0.3, 0.4) is 0 Å². The quantitative estimate of drug-likeness (QED) is 0.188. The fourth-order valence-corrected chi connectivity index (χ4v) is 7.54. The number of benzene rings is 7. The number of hydrogen-bond donors (Lipinski definition) is 1. The van der Waals surface area contributed by atoms with Gasteiger partial charge in [0, 0.05) is 38.7 Å². The Morgan fingerprint density at radius 1 is 0.442 bits per heavy atom. The first-order valence-electron chi connectivity index (χ1n) is 17.6. The molecule has 246 valence electrons. The van der Waals surface area contributed by atoms with E-state index in [-0.39, 0.29) is 6.17 Å². The Balaban J connectivity index is 1.08. The zero-order valence-electron chi connectivity index (χ0n) is 28.3. The van der Waals surface area contributed by atoms with Gasteiger partial charge in [-0.25, -0.2) is 9.98 Å². The van der Waals surface area contributed by atoms with Crippen molar-refractivity contribution in [3.63, 3.8) is 0 Å². The first kappa shape index (κ1) is 29.9. The van der Waals surface area contributed by atoms with Crippen molar-refractivity contribution in [2.24, 2.45) is 9.98 Å². The molecule has 5 nitrogen and oxygen atoms in total. The lowest BCUT2D eigenvalue weighted by molar-refractivity contribution is 0.674. The van der Waals surface area contributed by atoms with Crippen molar-refractivity contribution in [1.82, 2.24) is 14.5 Å². The van der Waals surface area contributed by atoms with Gasteiger partial charge in [0.15, 0.2) is 5.84 Å². The smallest absolute Gasteiger partial charge is 0.159 e. The molecule has 9 aromatic rings. The van der Waals surface area contributed by atoms with Crippen LogP contribution in [0.4, 0.5) is 0 Å². The molecule has 0 amide bonds. The first-order chi connectivity index (χ1) is 25.8. The van der Waals surface area contributed by atoms with Gasteiger partial charge in [0.05, 0.1) is 22.2 Å². The van der Waals surface area contributed by atoms with Crippen LogP contribution in [-0.4, -0.2) is 20.8 Å². The first-order valence-corrected chi connectivity index (χ1v) is 17.6. The monoisotopic (exact) mass is 667 g/mol. The lowest BCUT2D eigenvalue weighted by atomic mass is 10.1. The van der Waals surface area contributed by atoms with Crippen molar-refractivity contribution in [3.8, 4) is 22.6 Å². The minimum atomic E-state index is -0.261. The molecule has 0 radical (unpaired) electrons. The summed E-state index contributed by atoms with van der Waals surface area (Å²) in [5.74, 6) is 1.50. The highest BCUT2D eigenvalue weighted by Crippen LogP contribution is 2.35. The Kier molecular flexibility index (Phi) is 7.14. The van der Waals surface area contributed by atoms with Crippen LogP contribution in [0.25, 0.3) is 55.3 Å².